The summed E-state index contributed by atoms with van der Waals surface area (Å²) in [5.41, 5.74) is 0. The van der Waals surface area contributed by atoms with Crippen molar-refractivity contribution in [3.63, 3.8) is 0 Å². The molecule has 0 aliphatic rings. The van der Waals surface area contributed by atoms with Gasteiger partial charge in [0.25, 0.3) is 0 Å². The predicted molar refractivity (Wildman–Crippen MR) is 51.9 cm³/mol. The molecule has 0 amide bonds. The molecule has 6 heteroatoms. The van der Waals surface area contributed by atoms with Crippen LogP contribution in [0.1, 0.15) is 0 Å². The summed E-state index contributed by atoms with van der Waals surface area (Å²) < 4.78 is 39.5. The Morgan fingerprint density at radius 2 is 1.87 bits per heavy atom. The van der Waals surface area contributed by atoms with E-state index >= 15 is 0 Å². The van der Waals surface area contributed by atoms with E-state index in [9.17, 15) is 13.2 Å². The zero-order valence-corrected chi connectivity index (χ0v) is 9.22. The highest BCUT2D eigenvalue weighted by atomic mass is 28.3. The van der Waals surface area contributed by atoms with E-state index in [1.807, 2.05) is 13.1 Å². The summed E-state index contributed by atoms with van der Waals surface area (Å²) in [7, 11) is -0.864. The van der Waals surface area contributed by atoms with Crippen molar-refractivity contribution in [2.24, 2.45) is 0 Å². The number of hydrogen-bond acceptors (Lipinski definition) is 2. The molecule has 83 valence electrons. The Labute approximate surface area is 86.9 Å². The van der Waals surface area contributed by atoms with Gasteiger partial charge in [-0.05, 0) is 12.1 Å². The Balaban J connectivity index is 3.01. The maximum Gasteiger partial charge on any atom is 0.573 e. The molecule has 2 nitrogen and oxygen atoms in total. The van der Waals surface area contributed by atoms with Gasteiger partial charge in [0.1, 0.15) is 0 Å². The number of phenolic OH excluding ortho intramolecular Hbond substituents is 1. The number of aromatic hydroxyl groups is 1. The highest BCUT2D eigenvalue weighted by Crippen LogP contribution is 2.29. The van der Waals surface area contributed by atoms with Crippen molar-refractivity contribution in [2.75, 3.05) is 0 Å². The average Bonchev–Trinajstić information content (AvgIpc) is 2.06. The Kier molecular flexibility index (Phi) is 3.28. The molecule has 0 aromatic heterocycles. The number of ether oxygens (including phenoxy) is 1. The zero-order chi connectivity index (χ0) is 11.6. The molecule has 0 atom stereocenters. The highest BCUT2D eigenvalue weighted by molar-refractivity contribution is 6.70. The highest BCUT2D eigenvalue weighted by Gasteiger charge is 2.32. The van der Waals surface area contributed by atoms with Crippen LogP contribution in [0.25, 0.3) is 0 Å². The van der Waals surface area contributed by atoms with Gasteiger partial charge < -0.3 is 9.84 Å². The first-order valence-corrected chi connectivity index (χ1v) is 6.69. The summed E-state index contributed by atoms with van der Waals surface area (Å²) in [6, 6.07) is 4.05. The molecule has 1 aromatic rings. The summed E-state index contributed by atoms with van der Waals surface area (Å²) in [5, 5.41) is 9.94. The molecule has 1 rings (SSSR count). The molecule has 0 aliphatic heterocycles. The summed E-state index contributed by atoms with van der Waals surface area (Å²) >= 11 is 0. The molecular weight excluding hydrogens is 225 g/mol. The SMILES string of the molecule is C[Si](C)c1ccc(O)c(OC(F)(F)F)c1. The molecule has 1 radical (unpaired) electrons. The second-order valence-corrected chi connectivity index (χ2v) is 5.81. The number of hydrogen-bond donors (Lipinski definition) is 1. The van der Waals surface area contributed by atoms with Crippen LogP contribution in [0.2, 0.25) is 13.1 Å². The third-order valence-corrected chi connectivity index (χ3v) is 3.23. The van der Waals surface area contributed by atoms with Crippen LogP contribution in [0, 0.1) is 0 Å². The van der Waals surface area contributed by atoms with Crippen molar-refractivity contribution in [2.45, 2.75) is 19.5 Å². The molecule has 0 aliphatic carbocycles. The molecule has 0 heterocycles. The first-order chi connectivity index (χ1) is 6.79. The van der Waals surface area contributed by atoms with Gasteiger partial charge in [-0.2, -0.15) is 0 Å². The lowest BCUT2D eigenvalue weighted by Gasteiger charge is -2.12. The lowest BCUT2D eigenvalue weighted by atomic mass is 10.3. The minimum absolute atomic E-state index is 0.501. The Hall–Kier alpha value is -1.17. The van der Waals surface area contributed by atoms with Gasteiger partial charge >= 0.3 is 6.36 Å². The van der Waals surface area contributed by atoms with Crippen molar-refractivity contribution in [1.82, 2.24) is 0 Å². The third-order valence-electron chi connectivity index (χ3n) is 1.76. The fourth-order valence-corrected chi connectivity index (χ4v) is 1.87. The van der Waals surface area contributed by atoms with Crippen LogP contribution in [0.15, 0.2) is 18.2 Å². The van der Waals surface area contributed by atoms with Crippen LogP contribution < -0.4 is 9.92 Å². The van der Waals surface area contributed by atoms with Gasteiger partial charge in [-0.25, -0.2) is 0 Å². The molecule has 0 bridgehead atoms. The number of rotatable bonds is 2. The number of benzene rings is 1. The van der Waals surface area contributed by atoms with Crippen LogP contribution in [-0.2, 0) is 0 Å². The largest absolute Gasteiger partial charge is 0.573 e. The molecule has 0 spiro atoms. The lowest BCUT2D eigenvalue weighted by molar-refractivity contribution is -0.275. The summed E-state index contributed by atoms with van der Waals surface area (Å²) in [6.07, 6.45) is -4.77. The van der Waals surface area contributed by atoms with Gasteiger partial charge in [0.05, 0.1) is 8.80 Å². The van der Waals surface area contributed by atoms with E-state index in [4.69, 9.17) is 5.11 Å². The maximum absolute atomic E-state index is 11.9. The van der Waals surface area contributed by atoms with Crippen molar-refractivity contribution < 1.29 is 23.0 Å². The van der Waals surface area contributed by atoms with Crippen molar-refractivity contribution in [3.05, 3.63) is 18.2 Å². The fourth-order valence-electron chi connectivity index (χ4n) is 1.03. The quantitative estimate of drug-likeness (QED) is 0.797. The summed E-state index contributed by atoms with van der Waals surface area (Å²) in [4.78, 5) is 0. The minimum atomic E-state index is -4.77. The Morgan fingerprint density at radius 3 is 2.33 bits per heavy atom. The van der Waals surface area contributed by atoms with Gasteiger partial charge in [0, 0.05) is 0 Å². The van der Waals surface area contributed by atoms with E-state index < -0.39 is 26.7 Å². The topological polar surface area (TPSA) is 29.5 Å². The molecule has 0 saturated heterocycles. The smallest absolute Gasteiger partial charge is 0.504 e. The van der Waals surface area contributed by atoms with Crippen LogP contribution in [-0.4, -0.2) is 20.3 Å². The first-order valence-electron chi connectivity index (χ1n) is 4.19. The molecule has 0 unspecified atom stereocenters. The number of halogens is 3. The number of alkyl halides is 3. The lowest BCUT2D eigenvalue weighted by Crippen LogP contribution is -2.24. The number of phenols is 1. The molecule has 15 heavy (non-hydrogen) atoms. The van der Waals surface area contributed by atoms with Gasteiger partial charge in [0.2, 0.25) is 0 Å². The minimum Gasteiger partial charge on any atom is -0.504 e. The summed E-state index contributed by atoms with van der Waals surface area (Å²) in [6.45, 7) is 3.88. The van der Waals surface area contributed by atoms with E-state index in [1.165, 1.54) is 12.1 Å². The summed E-state index contributed by atoms with van der Waals surface area (Å²) in [5.74, 6) is -1.04. The zero-order valence-electron chi connectivity index (χ0n) is 8.22. The molecule has 1 N–H and O–H groups in total. The second kappa shape index (κ2) is 4.14. The van der Waals surface area contributed by atoms with Crippen molar-refractivity contribution >= 4 is 14.0 Å². The van der Waals surface area contributed by atoms with E-state index in [2.05, 4.69) is 4.74 Å². The van der Waals surface area contributed by atoms with Crippen LogP contribution in [0.5, 0.6) is 11.5 Å². The fraction of sp³-hybridized carbons (Fsp3) is 0.333. The Bertz CT molecular complexity index is 350. The maximum atomic E-state index is 11.9. The molecule has 0 fully saturated rings. The monoisotopic (exact) mass is 235 g/mol. The third kappa shape index (κ3) is 3.47. The normalized spacial score (nSPS) is 11.9. The average molecular weight is 235 g/mol. The predicted octanol–water partition coefficient (Wildman–Crippen LogP) is 2.25. The van der Waals surface area contributed by atoms with E-state index in [0.717, 1.165) is 5.19 Å². The van der Waals surface area contributed by atoms with Crippen LogP contribution >= 0.6 is 0 Å². The van der Waals surface area contributed by atoms with Crippen molar-refractivity contribution in [1.29, 1.82) is 0 Å². The molecular formula is C9H10F3O2Si. The van der Waals surface area contributed by atoms with E-state index in [1.54, 1.807) is 6.07 Å². The first kappa shape index (κ1) is 11.9. The standard InChI is InChI=1S/C9H10F3O2Si/c1-15(2)6-3-4-7(13)8(5-6)14-9(10,11)12/h3-5,13H,1-2H3. The Morgan fingerprint density at radius 1 is 1.27 bits per heavy atom. The van der Waals surface area contributed by atoms with Crippen LogP contribution in [0.3, 0.4) is 0 Å². The van der Waals surface area contributed by atoms with Crippen molar-refractivity contribution in [3.8, 4) is 11.5 Å². The molecule has 1 aromatic carbocycles. The second-order valence-electron chi connectivity index (χ2n) is 3.23. The van der Waals surface area contributed by atoms with Gasteiger partial charge in [-0.15, -0.1) is 13.2 Å². The van der Waals surface area contributed by atoms with E-state index in [0.29, 0.717) is 0 Å². The van der Waals surface area contributed by atoms with Gasteiger partial charge in [0.15, 0.2) is 11.5 Å². The molecule has 0 saturated carbocycles. The van der Waals surface area contributed by atoms with E-state index in [-0.39, 0.29) is 0 Å². The van der Waals surface area contributed by atoms with Crippen LogP contribution in [0.4, 0.5) is 13.2 Å². The van der Waals surface area contributed by atoms with Gasteiger partial charge in [-0.3, -0.25) is 0 Å². The van der Waals surface area contributed by atoms with Gasteiger partial charge in [-0.1, -0.05) is 24.3 Å².